The molecule has 0 bridgehead atoms. The van der Waals surface area contributed by atoms with Gasteiger partial charge in [0.1, 0.15) is 17.5 Å². The van der Waals surface area contributed by atoms with Crippen molar-refractivity contribution >= 4 is 22.6 Å². The molecule has 1 aromatic heterocycles. The summed E-state index contributed by atoms with van der Waals surface area (Å²) in [5.74, 6) is -0.956. The van der Waals surface area contributed by atoms with E-state index in [0.29, 0.717) is 13.1 Å². The molecule has 1 N–H and O–H groups in total. The van der Waals surface area contributed by atoms with Crippen LogP contribution in [0.1, 0.15) is 18.7 Å². The summed E-state index contributed by atoms with van der Waals surface area (Å²) in [6, 6.07) is 11.1. The fourth-order valence-corrected chi connectivity index (χ4v) is 3.78. The number of nitrogens with zero attached hydrogens (tertiary/aromatic N) is 3. The topological polar surface area (TPSA) is 50.2 Å². The lowest BCUT2D eigenvalue weighted by atomic mass is 9.97. The minimum atomic E-state index is -0.763. The summed E-state index contributed by atoms with van der Waals surface area (Å²) in [6.45, 7) is 2.12. The quantitative estimate of drug-likeness (QED) is 0.746. The van der Waals surface area contributed by atoms with Gasteiger partial charge in [-0.2, -0.15) is 0 Å². The highest BCUT2D eigenvalue weighted by molar-refractivity contribution is 5.92. The van der Waals surface area contributed by atoms with E-state index in [-0.39, 0.29) is 17.5 Å². The van der Waals surface area contributed by atoms with Gasteiger partial charge < -0.3 is 9.88 Å². The lowest BCUT2D eigenvalue weighted by Gasteiger charge is -2.31. The Labute approximate surface area is 162 Å². The average molecular weight is 384 g/mol. The van der Waals surface area contributed by atoms with E-state index < -0.39 is 11.6 Å². The molecule has 4 rings (SSSR count). The summed E-state index contributed by atoms with van der Waals surface area (Å²) in [4.78, 5) is 19.5. The number of nitrogens with one attached hydrogen (secondary N) is 1. The van der Waals surface area contributed by atoms with Crippen molar-refractivity contribution in [1.29, 1.82) is 0 Å². The molecule has 0 radical (unpaired) electrons. The Morgan fingerprint density at radius 3 is 2.86 bits per heavy atom. The summed E-state index contributed by atoms with van der Waals surface area (Å²) in [6.07, 6.45) is 1.63. The zero-order chi connectivity index (χ0) is 19.7. The number of hydrogen-bond donors (Lipinski definition) is 1. The Balaban J connectivity index is 1.43. The van der Waals surface area contributed by atoms with Crippen molar-refractivity contribution in [2.75, 3.05) is 18.4 Å². The molecule has 146 valence electrons. The average Bonchev–Trinajstić information content (AvgIpc) is 3.00. The predicted molar refractivity (Wildman–Crippen MR) is 104 cm³/mol. The fourth-order valence-electron chi connectivity index (χ4n) is 3.78. The van der Waals surface area contributed by atoms with Crippen molar-refractivity contribution in [2.24, 2.45) is 13.0 Å². The van der Waals surface area contributed by atoms with Crippen molar-refractivity contribution in [3.05, 3.63) is 59.9 Å². The van der Waals surface area contributed by atoms with Crippen LogP contribution in [0.3, 0.4) is 0 Å². The van der Waals surface area contributed by atoms with Gasteiger partial charge in [0.2, 0.25) is 5.91 Å². The number of carbonyl (C=O) groups excluding carboxylic acids is 1. The van der Waals surface area contributed by atoms with Gasteiger partial charge in [-0.05, 0) is 43.7 Å². The van der Waals surface area contributed by atoms with Crippen LogP contribution in [0.2, 0.25) is 0 Å². The minimum Gasteiger partial charge on any atom is -0.330 e. The summed E-state index contributed by atoms with van der Waals surface area (Å²) in [5, 5.41) is 2.60. The van der Waals surface area contributed by atoms with Crippen LogP contribution in [0.15, 0.2) is 42.5 Å². The minimum absolute atomic E-state index is 0.0128. The zero-order valence-electron chi connectivity index (χ0n) is 15.7. The molecule has 1 atom stereocenters. The molecule has 0 saturated carbocycles. The van der Waals surface area contributed by atoms with E-state index in [2.05, 4.69) is 14.8 Å². The van der Waals surface area contributed by atoms with Gasteiger partial charge in [0, 0.05) is 19.7 Å². The third kappa shape index (κ3) is 3.75. The van der Waals surface area contributed by atoms with Crippen LogP contribution in [-0.4, -0.2) is 33.4 Å². The Morgan fingerprint density at radius 2 is 2.07 bits per heavy atom. The van der Waals surface area contributed by atoms with E-state index in [0.717, 1.165) is 48.4 Å². The second kappa shape index (κ2) is 7.67. The van der Waals surface area contributed by atoms with Gasteiger partial charge in [0.25, 0.3) is 0 Å². The molecule has 28 heavy (non-hydrogen) atoms. The van der Waals surface area contributed by atoms with Crippen LogP contribution in [-0.2, 0) is 18.4 Å². The number of amides is 1. The van der Waals surface area contributed by atoms with Crippen LogP contribution in [0.25, 0.3) is 11.0 Å². The molecule has 0 spiro atoms. The molecule has 3 aromatic rings. The first kappa shape index (κ1) is 18.6. The van der Waals surface area contributed by atoms with E-state index >= 15 is 0 Å². The largest absolute Gasteiger partial charge is 0.330 e. The Morgan fingerprint density at radius 1 is 1.25 bits per heavy atom. The number of rotatable bonds is 4. The molecule has 2 aromatic carbocycles. The van der Waals surface area contributed by atoms with Gasteiger partial charge >= 0.3 is 0 Å². The van der Waals surface area contributed by atoms with Crippen molar-refractivity contribution in [2.45, 2.75) is 19.4 Å². The van der Waals surface area contributed by atoms with Crippen molar-refractivity contribution in [1.82, 2.24) is 14.5 Å². The first-order valence-electron chi connectivity index (χ1n) is 9.40. The number of hydrogen-bond acceptors (Lipinski definition) is 3. The summed E-state index contributed by atoms with van der Waals surface area (Å²) >= 11 is 0. The first-order chi connectivity index (χ1) is 13.5. The number of imidazole rings is 1. The number of anilines is 1. The van der Waals surface area contributed by atoms with Gasteiger partial charge in [0.05, 0.1) is 29.2 Å². The predicted octanol–water partition coefficient (Wildman–Crippen LogP) is 3.70. The Hall–Kier alpha value is -2.80. The first-order valence-corrected chi connectivity index (χ1v) is 9.40. The van der Waals surface area contributed by atoms with E-state index in [1.54, 1.807) is 0 Å². The second-order valence-corrected chi connectivity index (χ2v) is 7.26. The van der Waals surface area contributed by atoms with Crippen LogP contribution in [0.5, 0.6) is 0 Å². The molecular weight excluding hydrogens is 362 g/mol. The number of aromatic nitrogens is 2. The molecule has 1 amide bonds. The molecule has 1 aliphatic rings. The Kier molecular flexibility index (Phi) is 5.09. The van der Waals surface area contributed by atoms with Crippen LogP contribution in [0, 0.1) is 17.6 Å². The number of aryl methyl sites for hydroxylation is 1. The molecule has 0 unspecified atom stereocenters. The van der Waals surface area contributed by atoms with Crippen LogP contribution < -0.4 is 5.32 Å². The van der Waals surface area contributed by atoms with Gasteiger partial charge in [-0.15, -0.1) is 0 Å². The maximum Gasteiger partial charge on any atom is 0.228 e. The lowest BCUT2D eigenvalue weighted by Crippen LogP contribution is -2.40. The number of likely N-dealkylation sites (tertiary alicyclic amines) is 1. The van der Waals surface area contributed by atoms with Crippen molar-refractivity contribution < 1.29 is 13.6 Å². The second-order valence-electron chi connectivity index (χ2n) is 7.26. The zero-order valence-corrected chi connectivity index (χ0v) is 15.7. The monoisotopic (exact) mass is 384 g/mol. The lowest BCUT2D eigenvalue weighted by molar-refractivity contribution is -0.121. The maximum absolute atomic E-state index is 13.8. The maximum atomic E-state index is 13.8. The number of carbonyl (C=O) groups is 1. The van der Waals surface area contributed by atoms with Gasteiger partial charge in [-0.1, -0.05) is 12.1 Å². The highest BCUT2D eigenvalue weighted by Gasteiger charge is 2.27. The standard InChI is InChI=1S/C21H22F2N4O/c1-26-19-7-3-2-6-18(19)24-20(26)13-27-10-4-5-14(12-27)21(28)25-17-9-8-15(22)11-16(17)23/h2-3,6-9,11,14H,4-5,10,12-13H2,1H3,(H,25,28)/t14-/m0/s1. The molecule has 5 nitrogen and oxygen atoms in total. The molecule has 1 aliphatic heterocycles. The molecule has 1 fully saturated rings. The molecule has 2 heterocycles. The highest BCUT2D eigenvalue weighted by Crippen LogP contribution is 2.23. The third-order valence-corrected chi connectivity index (χ3v) is 5.31. The summed E-state index contributed by atoms with van der Waals surface area (Å²) < 4.78 is 28.9. The van der Waals surface area contributed by atoms with Crippen LogP contribution in [0.4, 0.5) is 14.5 Å². The van der Waals surface area contributed by atoms with Gasteiger partial charge in [0.15, 0.2) is 0 Å². The summed E-state index contributed by atoms with van der Waals surface area (Å²) in [5.41, 5.74) is 2.05. The SMILES string of the molecule is Cn1c(CN2CCC[C@H](C(=O)Nc3ccc(F)cc3F)C2)nc2ccccc21. The highest BCUT2D eigenvalue weighted by atomic mass is 19.1. The molecule has 1 saturated heterocycles. The van der Waals surface area contributed by atoms with Gasteiger partial charge in [-0.25, -0.2) is 13.8 Å². The number of fused-ring (bicyclic) bond motifs is 1. The molecule has 7 heteroatoms. The smallest absolute Gasteiger partial charge is 0.228 e. The van der Waals surface area contributed by atoms with E-state index in [1.807, 2.05) is 31.3 Å². The van der Waals surface area contributed by atoms with E-state index in [4.69, 9.17) is 4.98 Å². The van der Waals surface area contributed by atoms with Gasteiger partial charge in [-0.3, -0.25) is 9.69 Å². The van der Waals surface area contributed by atoms with E-state index in [9.17, 15) is 13.6 Å². The number of halogens is 2. The normalized spacial score (nSPS) is 17.8. The van der Waals surface area contributed by atoms with Crippen LogP contribution >= 0.6 is 0 Å². The Bertz CT molecular complexity index is 1020. The third-order valence-electron chi connectivity index (χ3n) is 5.31. The van der Waals surface area contributed by atoms with E-state index in [1.165, 1.54) is 6.07 Å². The summed E-state index contributed by atoms with van der Waals surface area (Å²) in [7, 11) is 2.00. The number of benzene rings is 2. The molecule has 0 aliphatic carbocycles. The van der Waals surface area contributed by atoms with Crippen molar-refractivity contribution in [3.8, 4) is 0 Å². The fraction of sp³-hybridized carbons (Fsp3) is 0.333. The van der Waals surface area contributed by atoms with Crippen molar-refractivity contribution in [3.63, 3.8) is 0 Å². The number of para-hydroxylation sites is 2. The molecular formula is C21H22F2N4O. The number of piperidine rings is 1.